The first-order chi connectivity index (χ1) is 12.0. The zero-order valence-electron chi connectivity index (χ0n) is 13.4. The van der Waals surface area contributed by atoms with Crippen molar-refractivity contribution in [2.45, 2.75) is 6.92 Å². The minimum absolute atomic E-state index is 0.266. The number of nitrogens with one attached hydrogen (secondary N) is 1. The topological polar surface area (TPSA) is 103 Å². The number of benzene rings is 2. The molecule has 2 aromatic carbocycles. The Morgan fingerprint density at radius 1 is 1.24 bits per heavy atom. The molecule has 3 N–H and O–H groups in total. The second kappa shape index (κ2) is 8.84. The van der Waals surface area contributed by atoms with Gasteiger partial charge in [0, 0.05) is 10.0 Å². The van der Waals surface area contributed by atoms with Crippen LogP contribution in [0.25, 0.3) is 0 Å². The second-order valence-electron chi connectivity index (χ2n) is 4.74. The van der Waals surface area contributed by atoms with E-state index in [0.29, 0.717) is 28.0 Å². The number of rotatable bonds is 6. The predicted octanol–water partition coefficient (Wildman–Crippen LogP) is 3.07. The van der Waals surface area contributed by atoms with Crippen LogP contribution in [-0.4, -0.2) is 24.8 Å². The summed E-state index contributed by atoms with van der Waals surface area (Å²) >= 11 is 3.36. The Kier molecular flexibility index (Phi) is 6.53. The van der Waals surface area contributed by atoms with E-state index in [1.165, 1.54) is 6.21 Å². The maximum Gasteiger partial charge on any atom is 0.343 e. The van der Waals surface area contributed by atoms with Gasteiger partial charge in [-0.1, -0.05) is 18.2 Å². The summed E-state index contributed by atoms with van der Waals surface area (Å²) in [7, 11) is 0. The highest BCUT2D eigenvalue weighted by molar-refractivity contribution is 9.10. The smallest absolute Gasteiger partial charge is 0.343 e. The normalized spacial score (nSPS) is 10.5. The molecule has 2 aromatic rings. The fraction of sp³-hybridized carbons (Fsp3) is 0.118. The van der Waals surface area contributed by atoms with E-state index >= 15 is 0 Å². The maximum atomic E-state index is 12.2. The summed E-state index contributed by atoms with van der Waals surface area (Å²) in [4.78, 5) is 22.9. The lowest BCUT2D eigenvalue weighted by Gasteiger charge is -2.12. The van der Waals surface area contributed by atoms with Crippen LogP contribution in [0.15, 0.2) is 52.0 Å². The van der Waals surface area contributed by atoms with Crippen LogP contribution < -0.4 is 20.6 Å². The summed E-state index contributed by atoms with van der Waals surface area (Å²) < 4.78 is 11.6. The zero-order chi connectivity index (χ0) is 18.2. The third-order valence-corrected chi connectivity index (χ3v) is 3.64. The number of urea groups is 1. The van der Waals surface area contributed by atoms with Crippen molar-refractivity contribution in [3.63, 3.8) is 0 Å². The Bertz CT molecular complexity index is 794. The molecule has 7 nitrogen and oxygen atoms in total. The monoisotopic (exact) mass is 405 g/mol. The van der Waals surface area contributed by atoms with Gasteiger partial charge in [0.25, 0.3) is 0 Å². The largest absolute Gasteiger partial charge is 0.490 e. The van der Waals surface area contributed by atoms with Crippen molar-refractivity contribution in [1.29, 1.82) is 0 Å². The minimum Gasteiger partial charge on any atom is -0.490 e. The fourth-order valence-corrected chi connectivity index (χ4v) is 2.32. The molecule has 2 rings (SSSR count). The van der Waals surface area contributed by atoms with E-state index in [9.17, 15) is 9.59 Å². The van der Waals surface area contributed by atoms with Crippen molar-refractivity contribution in [3.05, 3.63) is 58.1 Å². The number of nitrogens with zero attached hydrogens (tertiary/aromatic N) is 1. The first-order valence-electron chi connectivity index (χ1n) is 7.33. The van der Waals surface area contributed by atoms with Crippen molar-refractivity contribution >= 4 is 34.1 Å². The molecule has 0 aromatic heterocycles. The number of ether oxygens (including phenoxy) is 2. The molecule has 0 saturated heterocycles. The van der Waals surface area contributed by atoms with Crippen molar-refractivity contribution in [2.24, 2.45) is 10.8 Å². The van der Waals surface area contributed by atoms with Gasteiger partial charge in [0.05, 0.1) is 18.4 Å². The summed E-state index contributed by atoms with van der Waals surface area (Å²) in [6, 6.07) is 11.1. The Balaban J connectivity index is 2.28. The summed E-state index contributed by atoms with van der Waals surface area (Å²) in [6.45, 7) is 2.20. The molecule has 0 heterocycles. The molecule has 0 fully saturated rings. The van der Waals surface area contributed by atoms with Gasteiger partial charge in [-0.2, -0.15) is 5.10 Å². The molecular formula is C17H16BrN3O4. The van der Waals surface area contributed by atoms with Gasteiger partial charge in [-0.15, -0.1) is 0 Å². The van der Waals surface area contributed by atoms with Gasteiger partial charge in [-0.25, -0.2) is 15.0 Å². The first kappa shape index (κ1) is 18.5. The van der Waals surface area contributed by atoms with Crippen molar-refractivity contribution in [1.82, 2.24) is 5.43 Å². The lowest BCUT2D eigenvalue weighted by molar-refractivity contribution is 0.0728. The summed E-state index contributed by atoms with van der Waals surface area (Å²) in [5, 5.41) is 3.70. The van der Waals surface area contributed by atoms with E-state index in [0.717, 1.165) is 0 Å². The third kappa shape index (κ3) is 5.32. The Labute approximate surface area is 152 Å². The predicted molar refractivity (Wildman–Crippen MR) is 97.0 cm³/mol. The Hall–Kier alpha value is -2.87. The molecule has 2 amide bonds. The zero-order valence-corrected chi connectivity index (χ0v) is 14.9. The molecule has 8 heteroatoms. The highest BCUT2D eigenvalue weighted by atomic mass is 79.9. The molecule has 130 valence electrons. The third-order valence-electron chi connectivity index (χ3n) is 2.95. The summed E-state index contributed by atoms with van der Waals surface area (Å²) in [5.41, 5.74) is 8.09. The lowest BCUT2D eigenvalue weighted by atomic mass is 10.2. The molecular weight excluding hydrogens is 390 g/mol. The van der Waals surface area contributed by atoms with Gasteiger partial charge in [0.2, 0.25) is 0 Å². The van der Waals surface area contributed by atoms with E-state index in [4.69, 9.17) is 15.2 Å². The van der Waals surface area contributed by atoms with E-state index in [1.807, 2.05) is 13.0 Å². The number of amides is 2. The lowest BCUT2D eigenvalue weighted by Crippen LogP contribution is -2.24. The average molecular weight is 406 g/mol. The second-order valence-corrected chi connectivity index (χ2v) is 5.60. The number of hydrogen-bond donors (Lipinski definition) is 2. The molecule has 25 heavy (non-hydrogen) atoms. The van der Waals surface area contributed by atoms with Crippen molar-refractivity contribution in [2.75, 3.05) is 6.61 Å². The van der Waals surface area contributed by atoms with E-state index < -0.39 is 12.0 Å². The average Bonchev–Trinajstić information content (AvgIpc) is 2.59. The van der Waals surface area contributed by atoms with Crippen LogP contribution in [0, 0.1) is 0 Å². The molecule has 0 bridgehead atoms. The number of hydrogen-bond acceptors (Lipinski definition) is 5. The van der Waals surface area contributed by atoms with Crippen LogP contribution >= 0.6 is 15.9 Å². The van der Waals surface area contributed by atoms with Crippen LogP contribution in [0.5, 0.6) is 11.5 Å². The Morgan fingerprint density at radius 2 is 1.96 bits per heavy atom. The first-order valence-corrected chi connectivity index (χ1v) is 8.12. The summed E-state index contributed by atoms with van der Waals surface area (Å²) in [6.07, 6.45) is 1.39. The van der Waals surface area contributed by atoms with Gasteiger partial charge in [-0.05, 0) is 47.1 Å². The fourth-order valence-electron chi connectivity index (χ4n) is 1.90. The molecule has 0 aliphatic rings. The molecule has 0 saturated carbocycles. The van der Waals surface area contributed by atoms with Crippen LogP contribution in [0.2, 0.25) is 0 Å². The van der Waals surface area contributed by atoms with E-state index in [1.54, 1.807) is 36.4 Å². The van der Waals surface area contributed by atoms with Crippen LogP contribution in [0.1, 0.15) is 22.8 Å². The van der Waals surface area contributed by atoms with Gasteiger partial charge in [-0.3, -0.25) is 0 Å². The SMILES string of the molecule is CCOc1cc(C=NNC(N)=O)c(Br)cc1OC(=O)c1ccccc1. The number of carbonyl (C=O) groups excluding carboxylic acids is 2. The van der Waals surface area contributed by atoms with Gasteiger partial charge < -0.3 is 15.2 Å². The number of halogens is 1. The number of esters is 1. The van der Waals surface area contributed by atoms with E-state index in [2.05, 4.69) is 26.5 Å². The number of primary amides is 1. The van der Waals surface area contributed by atoms with Crippen LogP contribution in [-0.2, 0) is 0 Å². The van der Waals surface area contributed by atoms with Gasteiger partial charge >= 0.3 is 12.0 Å². The van der Waals surface area contributed by atoms with E-state index in [-0.39, 0.29) is 5.75 Å². The highest BCUT2D eigenvalue weighted by Gasteiger charge is 2.15. The minimum atomic E-state index is -0.772. The molecule has 0 atom stereocenters. The number of hydrazone groups is 1. The number of nitrogens with two attached hydrogens (primary N) is 1. The van der Waals surface area contributed by atoms with Crippen molar-refractivity contribution < 1.29 is 19.1 Å². The molecule has 0 unspecified atom stereocenters. The maximum absolute atomic E-state index is 12.2. The molecule has 0 aliphatic carbocycles. The van der Waals surface area contributed by atoms with Crippen LogP contribution in [0.3, 0.4) is 0 Å². The van der Waals surface area contributed by atoms with Gasteiger partial charge in [0.15, 0.2) is 11.5 Å². The van der Waals surface area contributed by atoms with Gasteiger partial charge in [0.1, 0.15) is 0 Å². The Morgan fingerprint density at radius 3 is 2.60 bits per heavy atom. The van der Waals surface area contributed by atoms with Crippen molar-refractivity contribution in [3.8, 4) is 11.5 Å². The molecule has 0 radical (unpaired) electrons. The quantitative estimate of drug-likeness (QED) is 0.333. The highest BCUT2D eigenvalue weighted by Crippen LogP contribution is 2.33. The molecule has 0 spiro atoms. The standard InChI is InChI=1S/C17H16BrN3O4/c1-2-24-14-8-12(10-20-21-17(19)23)13(18)9-15(14)25-16(22)11-6-4-3-5-7-11/h3-10H,2H2,1H3,(H3,19,21,23). The summed E-state index contributed by atoms with van der Waals surface area (Å²) in [5.74, 6) is 0.142. The molecule has 0 aliphatic heterocycles. The van der Waals surface area contributed by atoms with Crippen LogP contribution in [0.4, 0.5) is 4.79 Å². The number of carbonyl (C=O) groups is 2.